The van der Waals surface area contributed by atoms with Crippen molar-refractivity contribution in [3.63, 3.8) is 0 Å². The lowest BCUT2D eigenvalue weighted by Gasteiger charge is -2.14. The summed E-state index contributed by atoms with van der Waals surface area (Å²) < 4.78 is 18.1. The zero-order valence-corrected chi connectivity index (χ0v) is 13.2. The zero-order valence-electron chi connectivity index (χ0n) is 13.2. The number of nitrogens with zero attached hydrogens (tertiary/aromatic N) is 3. The minimum absolute atomic E-state index is 0.00669. The topological polar surface area (TPSA) is 63.8 Å². The first kappa shape index (κ1) is 15.1. The van der Waals surface area contributed by atoms with Gasteiger partial charge in [0.2, 0.25) is 0 Å². The summed E-state index contributed by atoms with van der Waals surface area (Å²) in [4.78, 5) is 0. The quantitative estimate of drug-likeness (QED) is 0.787. The van der Waals surface area contributed by atoms with Crippen LogP contribution in [0.15, 0.2) is 40.9 Å². The molecule has 2 aromatic heterocycles. The Bertz CT molecular complexity index is 777. The fourth-order valence-corrected chi connectivity index (χ4v) is 2.59. The molecule has 0 saturated carbocycles. The van der Waals surface area contributed by atoms with Gasteiger partial charge in [0.25, 0.3) is 0 Å². The van der Waals surface area contributed by atoms with Crippen LogP contribution in [0.5, 0.6) is 0 Å². The van der Waals surface area contributed by atoms with E-state index in [1.807, 2.05) is 32.9 Å². The van der Waals surface area contributed by atoms with Crippen LogP contribution >= 0.6 is 0 Å². The number of aromatic nitrogens is 3. The molecule has 3 rings (SSSR count). The Kier molecular flexibility index (Phi) is 4.06. The van der Waals surface area contributed by atoms with Crippen LogP contribution in [0.4, 0.5) is 10.2 Å². The van der Waals surface area contributed by atoms with Crippen molar-refractivity contribution in [3.8, 4) is 11.3 Å². The number of anilines is 1. The maximum Gasteiger partial charge on any atom is 0.149 e. The van der Waals surface area contributed by atoms with Crippen LogP contribution in [0.2, 0.25) is 0 Å². The smallest absolute Gasteiger partial charge is 0.149 e. The maximum absolute atomic E-state index is 13.0. The van der Waals surface area contributed by atoms with Crippen LogP contribution in [-0.4, -0.2) is 15.4 Å². The minimum Gasteiger partial charge on any atom is -0.362 e. The van der Waals surface area contributed by atoms with E-state index >= 15 is 0 Å². The van der Waals surface area contributed by atoms with Crippen molar-refractivity contribution in [2.24, 2.45) is 0 Å². The summed E-state index contributed by atoms with van der Waals surface area (Å²) >= 11 is 0. The second-order valence-electron chi connectivity index (χ2n) is 5.41. The second-order valence-corrected chi connectivity index (χ2v) is 5.41. The van der Waals surface area contributed by atoms with Crippen LogP contribution in [-0.2, 0) is 0 Å². The van der Waals surface area contributed by atoms with Crippen LogP contribution in [0, 0.1) is 19.7 Å². The largest absolute Gasteiger partial charge is 0.362 e. The van der Waals surface area contributed by atoms with Gasteiger partial charge in [-0.1, -0.05) is 5.16 Å². The van der Waals surface area contributed by atoms with Crippen LogP contribution in [0.25, 0.3) is 11.3 Å². The van der Waals surface area contributed by atoms with Gasteiger partial charge in [0.05, 0.1) is 17.4 Å². The molecule has 5 nitrogen and oxygen atoms in total. The molecule has 0 aliphatic carbocycles. The first-order valence-electron chi connectivity index (χ1n) is 7.33. The predicted molar refractivity (Wildman–Crippen MR) is 85.4 cm³/mol. The molecule has 1 unspecified atom stereocenters. The molecule has 2 heterocycles. The normalized spacial score (nSPS) is 12.2. The van der Waals surface area contributed by atoms with Gasteiger partial charge in [0.1, 0.15) is 17.4 Å². The number of hydrogen-bond acceptors (Lipinski definition) is 5. The van der Waals surface area contributed by atoms with Gasteiger partial charge in [-0.25, -0.2) is 4.39 Å². The molecule has 1 N–H and O–H groups in total. The minimum atomic E-state index is -0.270. The highest BCUT2D eigenvalue weighted by atomic mass is 19.1. The van der Waals surface area contributed by atoms with E-state index in [-0.39, 0.29) is 11.9 Å². The highest BCUT2D eigenvalue weighted by molar-refractivity contribution is 5.59. The summed E-state index contributed by atoms with van der Waals surface area (Å²) in [5, 5.41) is 15.6. The van der Waals surface area contributed by atoms with Crippen LogP contribution in [0.3, 0.4) is 0 Å². The zero-order chi connectivity index (χ0) is 16.4. The lowest BCUT2D eigenvalue weighted by molar-refractivity contribution is 0.392. The molecule has 6 heteroatoms. The number of aryl methyl sites for hydroxylation is 2. The Morgan fingerprint density at radius 2 is 1.78 bits per heavy atom. The summed E-state index contributed by atoms with van der Waals surface area (Å²) in [6.45, 7) is 5.81. The molecule has 1 atom stereocenters. The highest BCUT2D eigenvalue weighted by Crippen LogP contribution is 2.24. The third-order valence-corrected chi connectivity index (χ3v) is 3.69. The number of benzene rings is 1. The van der Waals surface area contributed by atoms with E-state index < -0.39 is 0 Å². The van der Waals surface area contributed by atoms with Crippen molar-refractivity contribution in [2.45, 2.75) is 26.8 Å². The monoisotopic (exact) mass is 312 g/mol. The molecular formula is C17H17FN4O. The van der Waals surface area contributed by atoms with Crippen molar-refractivity contribution < 1.29 is 8.91 Å². The summed E-state index contributed by atoms with van der Waals surface area (Å²) in [6, 6.07) is 9.87. The second kappa shape index (κ2) is 6.16. The van der Waals surface area contributed by atoms with Crippen molar-refractivity contribution >= 4 is 5.82 Å². The molecule has 0 aliphatic heterocycles. The summed E-state index contributed by atoms with van der Waals surface area (Å²) in [5.74, 6) is 1.18. The summed E-state index contributed by atoms with van der Waals surface area (Å²) in [5.41, 5.74) is 3.40. The Morgan fingerprint density at radius 3 is 2.35 bits per heavy atom. The number of hydrogen-bond donors (Lipinski definition) is 1. The van der Waals surface area contributed by atoms with Gasteiger partial charge in [-0.05, 0) is 57.2 Å². The molecule has 23 heavy (non-hydrogen) atoms. The van der Waals surface area contributed by atoms with Gasteiger partial charge < -0.3 is 9.84 Å². The number of nitrogens with one attached hydrogen (secondary N) is 1. The standard InChI is InChI=1S/C17H17FN4O/c1-10(17-11(2)22-23-12(17)3)19-16-9-8-15(20-21-16)13-4-6-14(18)7-5-13/h4-10H,1-3H3,(H,19,21). The number of rotatable bonds is 4. The lowest BCUT2D eigenvalue weighted by atomic mass is 10.1. The van der Waals surface area contributed by atoms with Crippen LogP contribution in [0.1, 0.15) is 30.0 Å². The third-order valence-electron chi connectivity index (χ3n) is 3.69. The van der Waals surface area contributed by atoms with E-state index in [9.17, 15) is 4.39 Å². The van der Waals surface area contributed by atoms with Crippen LogP contribution < -0.4 is 5.32 Å². The van der Waals surface area contributed by atoms with E-state index in [4.69, 9.17) is 4.52 Å². The predicted octanol–water partition coefficient (Wildman–Crippen LogP) is 4.06. The van der Waals surface area contributed by atoms with Gasteiger partial charge in [-0.2, -0.15) is 0 Å². The molecule has 0 bridgehead atoms. The van der Waals surface area contributed by atoms with E-state index in [1.165, 1.54) is 12.1 Å². The van der Waals surface area contributed by atoms with E-state index in [2.05, 4.69) is 20.7 Å². The molecule has 3 aromatic rings. The van der Waals surface area contributed by atoms with Crippen molar-refractivity contribution in [3.05, 3.63) is 59.2 Å². The van der Waals surface area contributed by atoms with E-state index in [0.29, 0.717) is 11.5 Å². The summed E-state index contributed by atoms with van der Waals surface area (Å²) in [7, 11) is 0. The van der Waals surface area contributed by atoms with Crippen molar-refractivity contribution in [2.75, 3.05) is 5.32 Å². The maximum atomic E-state index is 13.0. The molecule has 0 amide bonds. The van der Waals surface area contributed by atoms with Crippen molar-refractivity contribution in [1.29, 1.82) is 0 Å². The first-order chi connectivity index (χ1) is 11.0. The Balaban J connectivity index is 1.76. The molecule has 0 fully saturated rings. The van der Waals surface area contributed by atoms with Crippen molar-refractivity contribution in [1.82, 2.24) is 15.4 Å². The van der Waals surface area contributed by atoms with Gasteiger partial charge in [0, 0.05) is 11.1 Å². The number of halogens is 1. The van der Waals surface area contributed by atoms with E-state index in [1.54, 1.807) is 12.1 Å². The van der Waals surface area contributed by atoms with Gasteiger partial charge in [-0.15, -0.1) is 10.2 Å². The third kappa shape index (κ3) is 3.21. The highest BCUT2D eigenvalue weighted by Gasteiger charge is 2.16. The Morgan fingerprint density at radius 1 is 1.04 bits per heavy atom. The molecule has 1 aromatic carbocycles. The fourth-order valence-electron chi connectivity index (χ4n) is 2.59. The molecule has 0 aliphatic rings. The van der Waals surface area contributed by atoms with Gasteiger partial charge >= 0.3 is 0 Å². The molecule has 0 saturated heterocycles. The molecule has 0 radical (unpaired) electrons. The average Bonchev–Trinajstić information content (AvgIpc) is 2.88. The average molecular weight is 312 g/mol. The molecular weight excluding hydrogens is 295 g/mol. The Labute approximate surface area is 133 Å². The Hall–Kier alpha value is -2.76. The lowest BCUT2D eigenvalue weighted by Crippen LogP contribution is -2.10. The SMILES string of the molecule is Cc1noc(C)c1C(C)Nc1ccc(-c2ccc(F)cc2)nn1. The van der Waals surface area contributed by atoms with E-state index in [0.717, 1.165) is 22.6 Å². The molecule has 118 valence electrons. The first-order valence-corrected chi connectivity index (χ1v) is 7.33. The molecule has 0 spiro atoms. The van der Waals surface area contributed by atoms with Gasteiger partial charge in [0.15, 0.2) is 0 Å². The summed E-state index contributed by atoms with van der Waals surface area (Å²) in [6.07, 6.45) is 0. The fraction of sp³-hybridized carbons (Fsp3) is 0.235. The van der Waals surface area contributed by atoms with Gasteiger partial charge in [-0.3, -0.25) is 0 Å².